The molecule has 0 radical (unpaired) electrons. The molecule has 0 aliphatic heterocycles. The molecule has 0 aliphatic carbocycles. The second-order valence-corrected chi connectivity index (χ2v) is 5.67. The van der Waals surface area contributed by atoms with Crippen molar-refractivity contribution in [3.05, 3.63) is 29.6 Å². The highest BCUT2D eigenvalue weighted by Gasteiger charge is 2.33. The third-order valence-corrected chi connectivity index (χ3v) is 4.51. The summed E-state index contributed by atoms with van der Waals surface area (Å²) in [7, 11) is -3.68. The van der Waals surface area contributed by atoms with E-state index in [2.05, 4.69) is 0 Å². The molecule has 0 saturated carbocycles. The van der Waals surface area contributed by atoms with Crippen LogP contribution in [-0.2, 0) is 14.8 Å². The zero-order chi connectivity index (χ0) is 15.0. The van der Waals surface area contributed by atoms with Gasteiger partial charge in [-0.15, -0.1) is 0 Å². The van der Waals surface area contributed by atoms with Gasteiger partial charge in [-0.05, 0) is 19.1 Å². The highest BCUT2D eigenvalue weighted by atomic mass is 32.2. The lowest BCUT2D eigenvalue weighted by atomic mass is 10.3. The minimum absolute atomic E-state index is 0.352. The average Bonchev–Trinajstić information content (AvgIpc) is 2.33. The van der Waals surface area contributed by atoms with Gasteiger partial charge in [0.15, 0.2) is 17.5 Å². The van der Waals surface area contributed by atoms with E-state index in [0.717, 1.165) is 14.0 Å². The highest BCUT2D eigenvalue weighted by Crippen LogP contribution is 2.23. The number of carboxylic acids is 1. The van der Waals surface area contributed by atoms with Crippen molar-refractivity contribution in [2.45, 2.75) is 17.9 Å². The van der Waals surface area contributed by atoms with Crippen molar-refractivity contribution in [1.82, 2.24) is 4.31 Å². The second kappa shape index (κ2) is 5.17. The smallest absolute Gasteiger partial charge is 0.321 e. The van der Waals surface area contributed by atoms with Gasteiger partial charge in [-0.1, -0.05) is 0 Å². The van der Waals surface area contributed by atoms with E-state index in [-0.39, 0.29) is 0 Å². The lowest BCUT2D eigenvalue weighted by molar-refractivity contribution is -0.140. The minimum Gasteiger partial charge on any atom is -0.480 e. The van der Waals surface area contributed by atoms with Gasteiger partial charge >= 0.3 is 5.97 Å². The fourth-order valence-electron chi connectivity index (χ4n) is 1.23. The van der Waals surface area contributed by atoms with Crippen LogP contribution in [0, 0.1) is 17.5 Å². The fourth-order valence-corrected chi connectivity index (χ4v) is 2.60. The Morgan fingerprint density at radius 3 is 2.26 bits per heavy atom. The molecule has 1 atom stereocenters. The van der Waals surface area contributed by atoms with Crippen LogP contribution in [0.1, 0.15) is 6.92 Å². The Hall–Kier alpha value is -1.61. The van der Waals surface area contributed by atoms with Crippen molar-refractivity contribution >= 4 is 16.0 Å². The van der Waals surface area contributed by atoms with Crippen LogP contribution in [0.15, 0.2) is 17.0 Å². The van der Waals surface area contributed by atoms with Gasteiger partial charge in [0.1, 0.15) is 10.9 Å². The Kier molecular flexibility index (Phi) is 4.21. The number of rotatable bonds is 4. The first-order chi connectivity index (χ1) is 8.60. The number of nitrogens with zero attached hydrogens (tertiary/aromatic N) is 1. The van der Waals surface area contributed by atoms with E-state index in [1.807, 2.05) is 0 Å². The van der Waals surface area contributed by atoms with Crippen LogP contribution in [0.2, 0.25) is 0 Å². The molecule has 0 saturated heterocycles. The number of likely N-dealkylation sites (N-methyl/N-ethyl adjacent to an activating group) is 1. The summed E-state index contributed by atoms with van der Waals surface area (Å²) in [6.07, 6.45) is 0. The monoisotopic (exact) mass is 297 g/mol. The summed E-state index contributed by atoms with van der Waals surface area (Å²) in [6.45, 7) is 1.05. The zero-order valence-corrected chi connectivity index (χ0v) is 10.7. The van der Waals surface area contributed by atoms with Gasteiger partial charge in [0.05, 0.1) is 0 Å². The maximum Gasteiger partial charge on any atom is 0.321 e. The van der Waals surface area contributed by atoms with E-state index < -0.39 is 44.4 Å². The molecular formula is C10H10F3NO4S. The number of halogens is 3. The van der Waals surface area contributed by atoms with E-state index in [9.17, 15) is 26.4 Å². The largest absolute Gasteiger partial charge is 0.480 e. The summed E-state index contributed by atoms with van der Waals surface area (Å²) in [6, 6.07) is -0.504. The van der Waals surface area contributed by atoms with Crippen LogP contribution in [0.3, 0.4) is 0 Å². The standard InChI is InChI=1S/C10H10F3NO4S/c1-5(10(15)16)14(2)19(17,18)7-4-3-6(11)8(12)9(7)13/h3-5H,1-2H3,(H,15,16). The molecule has 5 nitrogen and oxygen atoms in total. The first-order valence-electron chi connectivity index (χ1n) is 4.95. The molecule has 0 amide bonds. The van der Waals surface area contributed by atoms with E-state index >= 15 is 0 Å². The first-order valence-corrected chi connectivity index (χ1v) is 6.39. The van der Waals surface area contributed by atoms with Crippen molar-refractivity contribution in [3.8, 4) is 0 Å². The third kappa shape index (κ3) is 2.71. The molecule has 106 valence electrons. The molecular weight excluding hydrogens is 287 g/mol. The van der Waals surface area contributed by atoms with E-state index in [1.54, 1.807) is 0 Å². The van der Waals surface area contributed by atoms with Gasteiger partial charge in [-0.2, -0.15) is 4.31 Å². The predicted molar refractivity (Wildman–Crippen MR) is 58.4 cm³/mol. The Morgan fingerprint density at radius 2 is 1.79 bits per heavy atom. The minimum atomic E-state index is -4.58. The van der Waals surface area contributed by atoms with Crippen molar-refractivity contribution in [2.75, 3.05) is 7.05 Å². The molecule has 1 N–H and O–H groups in total. The maximum atomic E-state index is 13.4. The molecule has 0 spiro atoms. The topological polar surface area (TPSA) is 74.7 Å². The number of aliphatic carboxylic acids is 1. The van der Waals surface area contributed by atoms with Crippen molar-refractivity contribution in [1.29, 1.82) is 0 Å². The maximum absolute atomic E-state index is 13.4. The number of carboxylic acid groups (broad SMARTS) is 1. The molecule has 0 fully saturated rings. The predicted octanol–water partition coefficient (Wildman–Crippen LogP) is 1.20. The van der Waals surface area contributed by atoms with E-state index in [0.29, 0.717) is 16.4 Å². The third-order valence-electron chi connectivity index (χ3n) is 2.56. The van der Waals surface area contributed by atoms with Gasteiger partial charge in [0.2, 0.25) is 10.0 Å². The second-order valence-electron chi connectivity index (χ2n) is 3.71. The average molecular weight is 297 g/mol. The number of sulfonamides is 1. The highest BCUT2D eigenvalue weighted by molar-refractivity contribution is 7.89. The fraction of sp³-hybridized carbons (Fsp3) is 0.300. The quantitative estimate of drug-likeness (QED) is 0.847. The molecule has 1 aromatic rings. The Balaban J connectivity index is 3.37. The molecule has 1 unspecified atom stereocenters. The molecule has 0 heterocycles. The molecule has 0 aromatic heterocycles. The molecule has 1 aromatic carbocycles. The van der Waals surface area contributed by atoms with E-state index in [4.69, 9.17) is 5.11 Å². The molecule has 0 aliphatic rings. The Bertz CT molecular complexity index is 617. The number of benzene rings is 1. The SMILES string of the molecule is CC(C(=O)O)N(C)S(=O)(=O)c1ccc(F)c(F)c1F. The summed E-state index contributed by atoms with van der Waals surface area (Å²) >= 11 is 0. The molecule has 1 rings (SSSR count). The number of hydrogen-bond acceptors (Lipinski definition) is 3. The van der Waals surface area contributed by atoms with Crippen molar-refractivity contribution in [2.24, 2.45) is 0 Å². The summed E-state index contributed by atoms with van der Waals surface area (Å²) in [5, 5.41) is 8.70. The lowest BCUT2D eigenvalue weighted by Crippen LogP contribution is -2.40. The van der Waals surface area contributed by atoms with Crippen LogP contribution in [0.5, 0.6) is 0 Å². The first kappa shape index (κ1) is 15.4. The van der Waals surface area contributed by atoms with Gasteiger partial charge in [0, 0.05) is 7.05 Å². The van der Waals surface area contributed by atoms with Crippen molar-refractivity contribution in [3.63, 3.8) is 0 Å². The summed E-state index contributed by atoms with van der Waals surface area (Å²) in [5.74, 6) is -6.82. The van der Waals surface area contributed by atoms with Crippen molar-refractivity contribution < 1.29 is 31.5 Å². The van der Waals surface area contributed by atoms with E-state index in [1.165, 1.54) is 0 Å². The van der Waals surface area contributed by atoms with Crippen LogP contribution < -0.4 is 0 Å². The normalized spacial score (nSPS) is 13.6. The summed E-state index contributed by atoms with van der Waals surface area (Å²) in [4.78, 5) is 9.57. The Morgan fingerprint density at radius 1 is 1.26 bits per heavy atom. The van der Waals surface area contributed by atoms with Gasteiger partial charge in [-0.3, -0.25) is 4.79 Å². The molecule has 0 bridgehead atoms. The number of carbonyl (C=O) groups is 1. The van der Waals surface area contributed by atoms with Gasteiger partial charge in [-0.25, -0.2) is 21.6 Å². The van der Waals surface area contributed by atoms with Crippen LogP contribution >= 0.6 is 0 Å². The number of hydrogen-bond donors (Lipinski definition) is 1. The van der Waals surface area contributed by atoms with Gasteiger partial charge < -0.3 is 5.11 Å². The van der Waals surface area contributed by atoms with Crippen LogP contribution in [-0.4, -0.2) is 36.9 Å². The zero-order valence-electron chi connectivity index (χ0n) is 9.89. The molecule has 9 heteroatoms. The van der Waals surface area contributed by atoms with Gasteiger partial charge in [0.25, 0.3) is 0 Å². The van der Waals surface area contributed by atoms with Crippen LogP contribution in [0.4, 0.5) is 13.2 Å². The summed E-state index contributed by atoms with van der Waals surface area (Å²) < 4.78 is 63.3. The Labute approximate surface area is 107 Å². The lowest BCUT2D eigenvalue weighted by Gasteiger charge is -2.21. The molecule has 19 heavy (non-hydrogen) atoms. The summed E-state index contributed by atoms with van der Waals surface area (Å²) in [5.41, 5.74) is 0. The van der Waals surface area contributed by atoms with Crippen LogP contribution in [0.25, 0.3) is 0 Å².